The molecule has 0 unspecified atom stereocenters. The summed E-state index contributed by atoms with van der Waals surface area (Å²) >= 11 is 0. The highest BCUT2D eigenvalue weighted by Gasteiger charge is 2.35. The fraction of sp³-hybridized carbons (Fsp3) is 0.250. The third-order valence-corrected chi connectivity index (χ3v) is 5.98. The summed E-state index contributed by atoms with van der Waals surface area (Å²) in [5.41, 5.74) is 3.45. The molecule has 8 nitrogen and oxygen atoms in total. The lowest BCUT2D eigenvalue weighted by atomic mass is 10.1. The second-order valence-corrected chi connectivity index (χ2v) is 8.67. The molecule has 3 amide bonds. The molecule has 36 heavy (non-hydrogen) atoms. The molecule has 0 saturated carbocycles. The van der Waals surface area contributed by atoms with Crippen LogP contribution in [0.4, 0.5) is 11.4 Å². The summed E-state index contributed by atoms with van der Waals surface area (Å²) < 4.78 is 10.7. The maximum atomic E-state index is 12.6. The van der Waals surface area contributed by atoms with E-state index < -0.39 is 5.92 Å². The predicted molar refractivity (Wildman–Crippen MR) is 137 cm³/mol. The summed E-state index contributed by atoms with van der Waals surface area (Å²) in [4.78, 5) is 39.0. The van der Waals surface area contributed by atoms with Crippen LogP contribution in [0.25, 0.3) is 0 Å². The molecule has 3 aromatic carbocycles. The number of methoxy groups -OCH3 is 1. The van der Waals surface area contributed by atoms with Crippen molar-refractivity contribution in [3.63, 3.8) is 0 Å². The number of hydrogen-bond donors (Lipinski definition) is 2. The van der Waals surface area contributed by atoms with Crippen molar-refractivity contribution in [2.24, 2.45) is 5.92 Å². The number of carbonyl (C=O) groups is 3. The van der Waals surface area contributed by atoms with E-state index in [-0.39, 0.29) is 30.7 Å². The third-order valence-electron chi connectivity index (χ3n) is 5.98. The number of amides is 3. The van der Waals surface area contributed by atoms with Gasteiger partial charge >= 0.3 is 0 Å². The summed E-state index contributed by atoms with van der Waals surface area (Å²) in [5, 5.41) is 5.69. The van der Waals surface area contributed by atoms with Crippen molar-refractivity contribution in [3.8, 4) is 11.5 Å². The molecule has 1 saturated heterocycles. The van der Waals surface area contributed by atoms with Crippen LogP contribution in [0.15, 0.2) is 72.8 Å². The van der Waals surface area contributed by atoms with Gasteiger partial charge in [0.05, 0.1) is 13.0 Å². The van der Waals surface area contributed by atoms with Gasteiger partial charge in [-0.15, -0.1) is 0 Å². The Morgan fingerprint density at radius 1 is 0.944 bits per heavy atom. The van der Waals surface area contributed by atoms with Crippen molar-refractivity contribution in [2.75, 3.05) is 30.5 Å². The zero-order valence-corrected chi connectivity index (χ0v) is 20.3. The SMILES string of the molecule is COc1ccc(CNC(=O)[C@H]2CC(=O)N(c3ccc(OCC(=O)Nc4ccc(C)cc4)cc3)C2)cc1. The van der Waals surface area contributed by atoms with Crippen LogP contribution in [0, 0.1) is 12.8 Å². The van der Waals surface area contributed by atoms with Crippen LogP contribution in [0.5, 0.6) is 11.5 Å². The van der Waals surface area contributed by atoms with Gasteiger partial charge in [0.15, 0.2) is 6.61 Å². The maximum Gasteiger partial charge on any atom is 0.262 e. The van der Waals surface area contributed by atoms with E-state index in [1.54, 1.807) is 36.3 Å². The van der Waals surface area contributed by atoms with Gasteiger partial charge in [-0.1, -0.05) is 29.8 Å². The highest BCUT2D eigenvalue weighted by atomic mass is 16.5. The van der Waals surface area contributed by atoms with E-state index in [1.165, 1.54) is 0 Å². The predicted octanol–water partition coefficient (Wildman–Crippen LogP) is 3.69. The Labute approximate surface area is 210 Å². The van der Waals surface area contributed by atoms with Gasteiger partial charge in [-0.05, 0) is 61.0 Å². The van der Waals surface area contributed by atoms with Crippen molar-refractivity contribution in [1.29, 1.82) is 0 Å². The molecule has 0 radical (unpaired) electrons. The minimum Gasteiger partial charge on any atom is -0.497 e. The number of ether oxygens (including phenoxy) is 2. The molecule has 2 N–H and O–H groups in total. The summed E-state index contributed by atoms with van der Waals surface area (Å²) in [7, 11) is 1.60. The van der Waals surface area contributed by atoms with Gasteiger partial charge in [0.1, 0.15) is 11.5 Å². The van der Waals surface area contributed by atoms with Crippen LogP contribution in [0.3, 0.4) is 0 Å². The first kappa shape index (κ1) is 24.8. The van der Waals surface area contributed by atoms with Gasteiger partial charge in [0.2, 0.25) is 11.8 Å². The largest absolute Gasteiger partial charge is 0.497 e. The van der Waals surface area contributed by atoms with Crippen molar-refractivity contribution in [3.05, 3.63) is 83.9 Å². The van der Waals surface area contributed by atoms with Gasteiger partial charge in [-0.2, -0.15) is 0 Å². The Bertz CT molecular complexity index is 1210. The molecule has 186 valence electrons. The third kappa shape index (κ3) is 6.41. The smallest absolute Gasteiger partial charge is 0.262 e. The van der Waals surface area contributed by atoms with Crippen LogP contribution in [0.2, 0.25) is 0 Å². The molecule has 1 atom stereocenters. The van der Waals surface area contributed by atoms with Crippen LogP contribution in [-0.2, 0) is 20.9 Å². The van der Waals surface area contributed by atoms with E-state index >= 15 is 0 Å². The first-order valence-electron chi connectivity index (χ1n) is 11.7. The molecular formula is C28H29N3O5. The number of hydrogen-bond acceptors (Lipinski definition) is 5. The van der Waals surface area contributed by atoms with Gasteiger partial charge < -0.3 is 25.0 Å². The zero-order valence-electron chi connectivity index (χ0n) is 20.3. The second-order valence-electron chi connectivity index (χ2n) is 8.67. The number of aryl methyl sites for hydroxylation is 1. The molecule has 3 aromatic rings. The molecule has 0 aromatic heterocycles. The second kappa shape index (κ2) is 11.4. The maximum absolute atomic E-state index is 12.6. The molecular weight excluding hydrogens is 458 g/mol. The highest BCUT2D eigenvalue weighted by molar-refractivity contribution is 6.00. The van der Waals surface area contributed by atoms with Crippen LogP contribution in [0.1, 0.15) is 17.5 Å². The molecule has 0 bridgehead atoms. The quantitative estimate of drug-likeness (QED) is 0.480. The van der Waals surface area contributed by atoms with Gasteiger partial charge in [0, 0.05) is 30.9 Å². The van der Waals surface area contributed by atoms with E-state index in [0.29, 0.717) is 30.2 Å². The van der Waals surface area contributed by atoms with E-state index in [9.17, 15) is 14.4 Å². The Morgan fingerprint density at radius 2 is 1.61 bits per heavy atom. The first-order valence-corrected chi connectivity index (χ1v) is 11.7. The number of anilines is 2. The molecule has 8 heteroatoms. The van der Waals surface area contributed by atoms with E-state index in [4.69, 9.17) is 9.47 Å². The Hall–Kier alpha value is -4.33. The van der Waals surface area contributed by atoms with Gasteiger partial charge in [-0.25, -0.2) is 0 Å². The number of nitrogens with one attached hydrogen (secondary N) is 2. The zero-order chi connectivity index (χ0) is 25.5. The van der Waals surface area contributed by atoms with Gasteiger partial charge in [0.25, 0.3) is 5.91 Å². The average molecular weight is 488 g/mol. The monoisotopic (exact) mass is 487 g/mol. The summed E-state index contributed by atoms with van der Waals surface area (Å²) in [5.74, 6) is 0.326. The Balaban J connectivity index is 1.25. The standard InChI is InChI=1S/C28H29N3O5/c1-19-3-7-22(8-4-19)30-26(32)18-36-25-13-9-23(10-14-25)31-17-21(15-27(31)33)28(34)29-16-20-5-11-24(35-2)12-6-20/h3-14,21H,15-18H2,1-2H3,(H,29,34)(H,30,32)/t21-/m0/s1. The minimum atomic E-state index is -0.419. The van der Waals surface area contributed by atoms with E-state index in [1.807, 2.05) is 55.5 Å². The lowest BCUT2D eigenvalue weighted by Crippen LogP contribution is -2.32. The van der Waals surface area contributed by atoms with Crippen molar-refractivity contribution in [2.45, 2.75) is 19.9 Å². The van der Waals surface area contributed by atoms with Crippen LogP contribution < -0.4 is 25.0 Å². The molecule has 1 fully saturated rings. The number of rotatable bonds is 9. The fourth-order valence-electron chi connectivity index (χ4n) is 3.91. The lowest BCUT2D eigenvalue weighted by Gasteiger charge is -2.17. The normalized spacial score (nSPS) is 14.9. The van der Waals surface area contributed by atoms with Gasteiger partial charge in [-0.3, -0.25) is 14.4 Å². The molecule has 4 rings (SSSR count). The molecule has 0 aliphatic carbocycles. The molecule has 1 aliphatic rings. The Morgan fingerprint density at radius 3 is 2.28 bits per heavy atom. The summed E-state index contributed by atoms with van der Waals surface area (Å²) in [6, 6.07) is 21.9. The Kier molecular flexibility index (Phi) is 7.85. The lowest BCUT2D eigenvalue weighted by molar-refractivity contribution is -0.126. The summed E-state index contributed by atoms with van der Waals surface area (Å²) in [6.07, 6.45) is 0.159. The van der Waals surface area contributed by atoms with E-state index in [2.05, 4.69) is 10.6 Å². The van der Waals surface area contributed by atoms with Crippen LogP contribution >= 0.6 is 0 Å². The summed E-state index contributed by atoms with van der Waals surface area (Å²) in [6.45, 7) is 2.54. The van der Waals surface area contributed by atoms with Crippen LogP contribution in [-0.4, -0.2) is 38.0 Å². The van der Waals surface area contributed by atoms with Crippen molar-refractivity contribution in [1.82, 2.24) is 5.32 Å². The number of nitrogens with zero attached hydrogens (tertiary/aromatic N) is 1. The number of benzene rings is 3. The fourth-order valence-corrected chi connectivity index (χ4v) is 3.91. The highest BCUT2D eigenvalue weighted by Crippen LogP contribution is 2.27. The number of carbonyl (C=O) groups excluding carboxylic acids is 3. The minimum absolute atomic E-state index is 0.106. The van der Waals surface area contributed by atoms with Crippen molar-refractivity contribution < 1.29 is 23.9 Å². The molecule has 0 spiro atoms. The molecule has 1 heterocycles. The molecule has 1 aliphatic heterocycles. The topological polar surface area (TPSA) is 97.0 Å². The van der Waals surface area contributed by atoms with E-state index in [0.717, 1.165) is 16.9 Å². The average Bonchev–Trinajstić information content (AvgIpc) is 3.29. The van der Waals surface area contributed by atoms with Crippen molar-refractivity contribution >= 4 is 29.1 Å². The first-order chi connectivity index (χ1) is 17.4.